The Hall–Kier alpha value is -7.44. The number of nitrogens with zero attached hydrogens (tertiary/aromatic N) is 3. The van der Waals surface area contributed by atoms with E-state index in [9.17, 15) is 29.5 Å². The highest BCUT2D eigenvalue weighted by Gasteiger charge is 2.60. The Labute approximate surface area is 389 Å². The molecule has 0 amide bonds. The van der Waals surface area contributed by atoms with Crippen LogP contribution in [0.5, 0.6) is 0 Å². The smallest absolute Gasteiger partial charge is 0.338 e. The number of azide groups is 1. The van der Waals surface area contributed by atoms with E-state index in [4.69, 9.17) is 47.4 Å². The molecular weight excluding hydrogens is 883 g/mol. The van der Waals surface area contributed by atoms with Crippen LogP contribution in [0.15, 0.2) is 157 Å². The van der Waals surface area contributed by atoms with Crippen LogP contribution in [0.25, 0.3) is 10.4 Å². The number of rotatable bonds is 15. The first kappa shape index (κ1) is 47.1. The summed E-state index contributed by atoms with van der Waals surface area (Å²) >= 11 is 0. The van der Waals surface area contributed by atoms with Gasteiger partial charge in [0.25, 0.3) is 0 Å². The largest absolute Gasteiger partial charge is 0.459 e. The van der Waals surface area contributed by atoms with Gasteiger partial charge in [-0.05, 0) is 80.0 Å². The highest BCUT2D eigenvalue weighted by molar-refractivity contribution is 5.91. The molecule has 8 rings (SSSR count). The van der Waals surface area contributed by atoms with Crippen molar-refractivity contribution in [3.8, 4) is 0 Å². The molecule has 3 saturated heterocycles. The summed E-state index contributed by atoms with van der Waals surface area (Å²) in [6.07, 6.45) is -15.0. The Morgan fingerprint density at radius 3 is 1.32 bits per heavy atom. The predicted molar refractivity (Wildman–Crippen MR) is 236 cm³/mol. The molecule has 3 aliphatic rings. The van der Waals surface area contributed by atoms with Gasteiger partial charge in [0.15, 0.2) is 36.6 Å². The van der Waals surface area contributed by atoms with Crippen LogP contribution in [-0.4, -0.2) is 110 Å². The lowest BCUT2D eigenvalue weighted by molar-refractivity contribution is -0.329. The molecule has 68 heavy (non-hydrogen) atoms. The molecule has 5 aromatic carbocycles. The highest BCUT2D eigenvalue weighted by atomic mass is 16.8. The van der Waals surface area contributed by atoms with Crippen LogP contribution >= 0.6 is 0 Å². The van der Waals surface area contributed by atoms with Crippen molar-refractivity contribution in [3.63, 3.8) is 0 Å². The van der Waals surface area contributed by atoms with E-state index < -0.39 is 110 Å². The van der Waals surface area contributed by atoms with Crippen molar-refractivity contribution in [1.29, 1.82) is 0 Å². The van der Waals surface area contributed by atoms with Crippen molar-refractivity contribution in [2.24, 2.45) is 5.11 Å². The van der Waals surface area contributed by atoms with Crippen molar-refractivity contribution >= 4 is 29.8 Å². The zero-order valence-electron chi connectivity index (χ0n) is 36.6. The minimum absolute atomic E-state index is 0.0729. The van der Waals surface area contributed by atoms with Crippen LogP contribution in [0.3, 0.4) is 0 Å². The van der Waals surface area contributed by atoms with Crippen molar-refractivity contribution in [3.05, 3.63) is 190 Å². The number of ether oxygens (including phenoxy) is 10. The number of carbonyl (C=O) groups excluding carboxylic acids is 5. The Kier molecular flexibility index (Phi) is 14.9. The number of esters is 5. The molecule has 0 aliphatic carbocycles. The number of fused-ring (bicyclic) bond motifs is 1. The molecule has 3 aliphatic heterocycles. The van der Waals surface area contributed by atoms with Crippen molar-refractivity contribution in [2.75, 3.05) is 13.2 Å². The third kappa shape index (κ3) is 11.2. The Balaban J connectivity index is 1.21. The molecule has 3 fully saturated rings. The topological polar surface area (TPSA) is 226 Å². The average molecular weight is 928 g/mol. The van der Waals surface area contributed by atoms with Gasteiger partial charge in [0.1, 0.15) is 43.7 Å². The summed E-state index contributed by atoms with van der Waals surface area (Å²) < 4.78 is 62.4. The van der Waals surface area contributed by atoms with E-state index in [1.165, 1.54) is 48.5 Å². The number of hydrogen-bond acceptors (Lipinski definition) is 16. The maximum Gasteiger partial charge on any atom is 0.338 e. The van der Waals surface area contributed by atoms with Gasteiger partial charge in [-0.25, -0.2) is 24.0 Å². The summed E-state index contributed by atoms with van der Waals surface area (Å²) in [4.78, 5) is 71.7. The Bertz CT molecular complexity index is 2580. The van der Waals surface area contributed by atoms with Gasteiger partial charge < -0.3 is 47.4 Å². The van der Waals surface area contributed by atoms with E-state index in [-0.39, 0.29) is 27.8 Å². The van der Waals surface area contributed by atoms with Gasteiger partial charge in [0, 0.05) is 4.91 Å². The Morgan fingerprint density at radius 1 is 0.500 bits per heavy atom. The predicted octanol–water partition coefficient (Wildman–Crippen LogP) is 7.04. The first-order valence-corrected chi connectivity index (χ1v) is 21.6. The minimum atomic E-state index is -1.75. The minimum Gasteiger partial charge on any atom is -0.459 e. The molecule has 5 aromatic rings. The van der Waals surface area contributed by atoms with E-state index in [1.54, 1.807) is 117 Å². The van der Waals surface area contributed by atoms with E-state index in [1.807, 2.05) is 0 Å². The molecule has 0 saturated carbocycles. The summed E-state index contributed by atoms with van der Waals surface area (Å²) in [5, 5.41) is 3.79. The first-order valence-electron chi connectivity index (χ1n) is 21.6. The third-order valence-corrected chi connectivity index (χ3v) is 11.0. The maximum absolute atomic E-state index is 14.1. The summed E-state index contributed by atoms with van der Waals surface area (Å²) in [7, 11) is 0. The lowest BCUT2D eigenvalue weighted by Crippen LogP contribution is -2.65. The second-order valence-corrected chi connectivity index (χ2v) is 16.1. The third-order valence-electron chi connectivity index (χ3n) is 11.0. The summed E-state index contributed by atoms with van der Waals surface area (Å²) in [6, 6.07) is 40.0. The fourth-order valence-electron chi connectivity index (χ4n) is 7.89. The fraction of sp³-hybridized carbons (Fsp3) is 0.300. The maximum atomic E-state index is 14.1. The van der Waals surface area contributed by atoms with E-state index in [0.29, 0.717) is 0 Å². The number of carbonyl (C=O) groups is 5. The summed E-state index contributed by atoms with van der Waals surface area (Å²) in [5.74, 6) is -5.43. The lowest BCUT2D eigenvalue weighted by atomic mass is 9.95. The standard InChI is InChI=1S/C50H45N3O15/c1-50(2)67-38-36(29-60-45(55)31-20-10-4-11-21-31)62-49(42(40(38)68-50)65-48(58)34-26-16-7-17-27-34)66-37-35(28-59-44(54)30-18-8-3-9-19-30)61-43(52-53-51)41(64-47(57)33-24-14-6-15-25-33)39(37)63-46(56)32-22-12-5-13-23-32/h3-27,35-43,49H,28-29H2,1-2H3/t35-,36-,37-,38+,39+,40+,41-,42-,43-,49+/m1/s1. The molecule has 3 heterocycles. The van der Waals surface area contributed by atoms with Gasteiger partial charge >= 0.3 is 29.8 Å². The molecule has 0 spiro atoms. The van der Waals surface area contributed by atoms with Crippen LogP contribution in [0.2, 0.25) is 0 Å². The van der Waals surface area contributed by atoms with Crippen molar-refractivity contribution in [2.45, 2.75) is 81.0 Å². The van der Waals surface area contributed by atoms with Gasteiger partial charge in [-0.1, -0.05) is 96.1 Å². The number of hydrogen-bond donors (Lipinski definition) is 0. The lowest BCUT2D eigenvalue weighted by Gasteiger charge is -2.47. The highest BCUT2D eigenvalue weighted by Crippen LogP contribution is 2.41. The number of benzene rings is 5. The molecule has 18 nitrogen and oxygen atoms in total. The monoisotopic (exact) mass is 927 g/mol. The molecule has 0 aromatic heterocycles. The SMILES string of the molecule is CC1(C)O[C@H]2[C@@H](O1)[C@@H](COC(=O)c1ccccc1)O[C@@H](O[C@H]1[C@H](OC(=O)c3ccccc3)[C@@H](OC(=O)c3ccccc3)[C@H](N=[N+]=[N-])O[C@@H]1COC(=O)c1ccccc1)[C@@H]2OC(=O)c1ccccc1. The second kappa shape index (κ2) is 21.5. The van der Waals surface area contributed by atoms with E-state index >= 15 is 0 Å². The van der Waals surface area contributed by atoms with Crippen LogP contribution in [0, 0.1) is 0 Å². The second-order valence-electron chi connectivity index (χ2n) is 16.1. The molecule has 0 N–H and O–H groups in total. The van der Waals surface area contributed by atoms with E-state index in [0.717, 1.165) is 0 Å². The normalized spacial score (nSPS) is 25.9. The molecule has 0 radical (unpaired) electrons. The molecule has 0 bridgehead atoms. The van der Waals surface area contributed by atoms with Gasteiger partial charge in [-0.3, -0.25) is 0 Å². The van der Waals surface area contributed by atoms with Crippen LogP contribution in [0.1, 0.15) is 65.6 Å². The van der Waals surface area contributed by atoms with Gasteiger partial charge in [0.2, 0.25) is 0 Å². The Morgan fingerprint density at radius 2 is 0.882 bits per heavy atom. The van der Waals surface area contributed by atoms with E-state index in [2.05, 4.69) is 10.0 Å². The van der Waals surface area contributed by atoms with Crippen LogP contribution in [0.4, 0.5) is 0 Å². The van der Waals surface area contributed by atoms with Crippen LogP contribution in [-0.2, 0) is 47.4 Å². The van der Waals surface area contributed by atoms with Gasteiger partial charge in [-0.2, -0.15) is 0 Å². The molecule has 18 heteroatoms. The van der Waals surface area contributed by atoms with Gasteiger partial charge in [-0.15, -0.1) is 0 Å². The molecule has 0 unspecified atom stereocenters. The van der Waals surface area contributed by atoms with Crippen molar-refractivity contribution in [1.82, 2.24) is 0 Å². The molecular formula is C50H45N3O15. The average Bonchev–Trinajstić information content (AvgIpc) is 3.71. The summed E-state index contributed by atoms with van der Waals surface area (Å²) in [5.41, 5.74) is 10.6. The molecule has 10 atom stereocenters. The first-order chi connectivity index (χ1) is 33.0. The van der Waals surface area contributed by atoms with Gasteiger partial charge in [0.05, 0.1) is 27.8 Å². The zero-order valence-corrected chi connectivity index (χ0v) is 36.6. The van der Waals surface area contributed by atoms with Crippen molar-refractivity contribution < 1.29 is 71.3 Å². The fourth-order valence-corrected chi connectivity index (χ4v) is 7.89. The quantitative estimate of drug-likeness (QED) is 0.0337. The zero-order chi connectivity index (χ0) is 47.6. The molecule has 350 valence electrons. The summed E-state index contributed by atoms with van der Waals surface area (Å²) in [6.45, 7) is 2.22. The van der Waals surface area contributed by atoms with Crippen LogP contribution < -0.4 is 0 Å².